The standard InChI is InChI=1S/C15H25N3O/c1-5-12-7-9-13(10-8-12)14(18(3)4)11-17-15(19)16-6-2/h7-10,14H,5-6,11H2,1-4H3,(H2,16,17,19). The Labute approximate surface area is 116 Å². The van der Waals surface area contributed by atoms with Crippen molar-refractivity contribution >= 4 is 6.03 Å². The fraction of sp³-hybridized carbons (Fsp3) is 0.533. The van der Waals surface area contributed by atoms with Gasteiger partial charge in [0.25, 0.3) is 0 Å². The highest BCUT2D eigenvalue weighted by Gasteiger charge is 2.14. The highest BCUT2D eigenvalue weighted by atomic mass is 16.2. The van der Waals surface area contributed by atoms with E-state index in [1.165, 1.54) is 11.1 Å². The van der Waals surface area contributed by atoms with Crippen LogP contribution in [-0.4, -0.2) is 38.1 Å². The number of carbonyl (C=O) groups excluding carboxylic acids is 1. The molecule has 0 aliphatic rings. The van der Waals surface area contributed by atoms with Gasteiger partial charge in [0.2, 0.25) is 0 Å². The maximum Gasteiger partial charge on any atom is 0.314 e. The molecule has 0 saturated carbocycles. The van der Waals surface area contributed by atoms with Gasteiger partial charge in [-0.3, -0.25) is 0 Å². The Bertz CT molecular complexity index is 387. The Balaban J connectivity index is 2.68. The van der Waals surface area contributed by atoms with Gasteiger partial charge in [0.1, 0.15) is 0 Å². The lowest BCUT2D eigenvalue weighted by molar-refractivity contribution is 0.233. The summed E-state index contributed by atoms with van der Waals surface area (Å²) in [5.74, 6) is 0. The number of benzene rings is 1. The van der Waals surface area contributed by atoms with Crippen molar-refractivity contribution in [2.45, 2.75) is 26.3 Å². The number of likely N-dealkylation sites (N-methyl/N-ethyl adjacent to an activating group) is 1. The molecule has 19 heavy (non-hydrogen) atoms. The number of carbonyl (C=O) groups is 1. The van der Waals surface area contributed by atoms with Crippen LogP contribution in [0, 0.1) is 0 Å². The molecule has 2 amide bonds. The van der Waals surface area contributed by atoms with Gasteiger partial charge in [0.15, 0.2) is 0 Å². The molecule has 1 aromatic rings. The van der Waals surface area contributed by atoms with Gasteiger partial charge >= 0.3 is 6.03 Å². The molecule has 0 heterocycles. The van der Waals surface area contributed by atoms with E-state index in [0.29, 0.717) is 13.1 Å². The van der Waals surface area contributed by atoms with E-state index in [-0.39, 0.29) is 12.1 Å². The van der Waals surface area contributed by atoms with E-state index in [1.54, 1.807) is 0 Å². The zero-order chi connectivity index (χ0) is 14.3. The summed E-state index contributed by atoms with van der Waals surface area (Å²) in [5.41, 5.74) is 2.55. The second-order valence-electron chi connectivity index (χ2n) is 4.81. The monoisotopic (exact) mass is 263 g/mol. The van der Waals surface area contributed by atoms with Crippen LogP contribution in [0.25, 0.3) is 0 Å². The number of hydrogen-bond acceptors (Lipinski definition) is 2. The van der Waals surface area contributed by atoms with E-state index in [2.05, 4.69) is 46.7 Å². The van der Waals surface area contributed by atoms with Crippen molar-refractivity contribution in [1.29, 1.82) is 0 Å². The fourth-order valence-electron chi connectivity index (χ4n) is 1.99. The fourth-order valence-corrected chi connectivity index (χ4v) is 1.99. The van der Waals surface area contributed by atoms with Crippen molar-refractivity contribution in [2.75, 3.05) is 27.2 Å². The van der Waals surface area contributed by atoms with Crippen LogP contribution in [0.3, 0.4) is 0 Å². The summed E-state index contributed by atoms with van der Waals surface area (Å²) in [6.07, 6.45) is 1.05. The van der Waals surface area contributed by atoms with Gasteiger partial charge in [-0.25, -0.2) is 4.79 Å². The maximum absolute atomic E-state index is 11.5. The van der Waals surface area contributed by atoms with Crippen molar-refractivity contribution < 1.29 is 4.79 Å². The topological polar surface area (TPSA) is 44.4 Å². The van der Waals surface area contributed by atoms with Crippen LogP contribution >= 0.6 is 0 Å². The highest BCUT2D eigenvalue weighted by Crippen LogP contribution is 2.18. The quantitative estimate of drug-likeness (QED) is 0.826. The third kappa shape index (κ3) is 4.91. The molecular formula is C15H25N3O. The molecule has 0 aliphatic heterocycles. The number of aryl methyl sites for hydroxylation is 1. The van der Waals surface area contributed by atoms with Gasteiger partial charge in [-0.15, -0.1) is 0 Å². The molecule has 0 aromatic heterocycles. The normalized spacial score (nSPS) is 12.3. The Morgan fingerprint density at radius 3 is 2.26 bits per heavy atom. The summed E-state index contributed by atoms with van der Waals surface area (Å²) in [5, 5.41) is 5.64. The van der Waals surface area contributed by atoms with Crippen LogP contribution in [0.5, 0.6) is 0 Å². The number of nitrogens with one attached hydrogen (secondary N) is 2. The first-order valence-electron chi connectivity index (χ1n) is 6.85. The van der Waals surface area contributed by atoms with E-state index in [9.17, 15) is 4.79 Å². The van der Waals surface area contributed by atoms with Crippen LogP contribution in [0.1, 0.15) is 31.0 Å². The van der Waals surface area contributed by atoms with Gasteiger partial charge in [0.05, 0.1) is 6.04 Å². The van der Waals surface area contributed by atoms with Gasteiger partial charge < -0.3 is 15.5 Å². The second kappa shape index (κ2) is 7.79. The molecule has 1 unspecified atom stereocenters. The first-order chi connectivity index (χ1) is 9.08. The number of amides is 2. The average Bonchev–Trinajstić information content (AvgIpc) is 2.39. The minimum absolute atomic E-state index is 0.112. The van der Waals surface area contributed by atoms with Crippen molar-refractivity contribution in [3.63, 3.8) is 0 Å². The molecule has 0 spiro atoms. The molecule has 1 atom stereocenters. The van der Waals surface area contributed by atoms with Gasteiger partial charge in [0, 0.05) is 13.1 Å². The number of hydrogen-bond donors (Lipinski definition) is 2. The third-order valence-corrected chi connectivity index (χ3v) is 3.19. The molecule has 4 heteroatoms. The summed E-state index contributed by atoms with van der Waals surface area (Å²) >= 11 is 0. The van der Waals surface area contributed by atoms with Crippen molar-refractivity contribution in [2.24, 2.45) is 0 Å². The van der Waals surface area contributed by atoms with E-state index in [1.807, 2.05) is 21.0 Å². The number of urea groups is 1. The van der Waals surface area contributed by atoms with Crippen LogP contribution in [0.2, 0.25) is 0 Å². The molecule has 1 rings (SSSR count). The zero-order valence-corrected chi connectivity index (χ0v) is 12.4. The summed E-state index contributed by atoms with van der Waals surface area (Å²) in [6.45, 7) is 5.30. The van der Waals surface area contributed by atoms with E-state index in [0.717, 1.165) is 6.42 Å². The third-order valence-electron chi connectivity index (χ3n) is 3.19. The summed E-state index contributed by atoms with van der Waals surface area (Å²) in [6, 6.07) is 8.66. The van der Waals surface area contributed by atoms with Crippen LogP contribution in [0.15, 0.2) is 24.3 Å². The minimum atomic E-state index is -0.112. The first kappa shape index (κ1) is 15.5. The van der Waals surface area contributed by atoms with Crippen LogP contribution in [0.4, 0.5) is 4.79 Å². The first-order valence-corrected chi connectivity index (χ1v) is 6.85. The molecule has 106 valence electrons. The highest BCUT2D eigenvalue weighted by molar-refractivity contribution is 5.73. The van der Waals surface area contributed by atoms with Crippen LogP contribution in [-0.2, 0) is 6.42 Å². The van der Waals surface area contributed by atoms with E-state index in [4.69, 9.17) is 0 Å². The smallest absolute Gasteiger partial charge is 0.314 e. The predicted molar refractivity (Wildman–Crippen MR) is 79.3 cm³/mol. The Hall–Kier alpha value is -1.55. The van der Waals surface area contributed by atoms with Gasteiger partial charge in [-0.2, -0.15) is 0 Å². The van der Waals surface area contributed by atoms with Crippen molar-refractivity contribution in [1.82, 2.24) is 15.5 Å². The minimum Gasteiger partial charge on any atom is -0.338 e. The Morgan fingerprint density at radius 1 is 1.16 bits per heavy atom. The largest absolute Gasteiger partial charge is 0.338 e. The molecule has 0 radical (unpaired) electrons. The van der Waals surface area contributed by atoms with Gasteiger partial charge in [-0.1, -0.05) is 31.2 Å². The number of rotatable bonds is 6. The zero-order valence-electron chi connectivity index (χ0n) is 12.4. The molecule has 4 nitrogen and oxygen atoms in total. The van der Waals surface area contributed by atoms with E-state index < -0.39 is 0 Å². The molecular weight excluding hydrogens is 238 g/mol. The van der Waals surface area contributed by atoms with Crippen molar-refractivity contribution in [3.05, 3.63) is 35.4 Å². The average molecular weight is 263 g/mol. The molecule has 2 N–H and O–H groups in total. The summed E-state index contributed by atoms with van der Waals surface area (Å²) < 4.78 is 0. The molecule has 0 aliphatic carbocycles. The summed E-state index contributed by atoms with van der Waals surface area (Å²) in [7, 11) is 4.05. The lowest BCUT2D eigenvalue weighted by atomic mass is 10.0. The molecule has 0 saturated heterocycles. The Morgan fingerprint density at radius 2 is 1.79 bits per heavy atom. The lowest BCUT2D eigenvalue weighted by Gasteiger charge is -2.25. The predicted octanol–water partition coefficient (Wildman–Crippen LogP) is 2.17. The summed E-state index contributed by atoms with van der Waals surface area (Å²) in [4.78, 5) is 13.6. The molecule has 0 bridgehead atoms. The maximum atomic E-state index is 11.5. The second-order valence-corrected chi connectivity index (χ2v) is 4.81. The van der Waals surface area contributed by atoms with Gasteiger partial charge in [-0.05, 0) is 38.6 Å². The SMILES string of the molecule is CCNC(=O)NCC(c1ccc(CC)cc1)N(C)C. The Kier molecular flexibility index (Phi) is 6.36. The lowest BCUT2D eigenvalue weighted by Crippen LogP contribution is -2.40. The van der Waals surface area contributed by atoms with Crippen LogP contribution < -0.4 is 10.6 Å². The molecule has 0 fully saturated rings. The van der Waals surface area contributed by atoms with Crippen molar-refractivity contribution in [3.8, 4) is 0 Å². The molecule has 1 aromatic carbocycles. The van der Waals surface area contributed by atoms with E-state index >= 15 is 0 Å². The number of nitrogens with zero attached hydrogens (tertiary/aromatic N) is 1.